The molecule has 4 heterocycles. The van der Waals surface area contributed by atoms with Crippen LogP contribution >= 0.6 is 23.1 Å². The molecule has 8 heteroatoms. The Morgan fingerprint density at radius 1 is 1.22 bits per heavy atom. The third-order valence-electron chi connectivity index (χ3n) is 5.25. The molecule has 2 aliphatic rings. The lowest BCUT2D eigenvalue weighted by Gasteiger charge is -2.36. The average molecular weight is 409 g/mol. The fraction of sp³-hybridized carbons (Fsp3) is 0.684. The Hall–Kier alpha value is -0.930. The summed E-state index contributed by atoms with van der Waals surface area (Å²) >= 11 is 3.47. The number of anilines is 1. The minimum atomic E-state index is -0.144. The van der Waals surface area contributed by atoms with Gasteiger partial charge >= 0.3 is 0 Å². The zero-order valence-corrected chi connectivity index (χ0v) is 18.0. The van der Waals surface area contributed by atoms with Gasteiger partial charge in [-0.15, -0.1) is 11.3 Å². The molecule has 1 fully saturated rings. The summed E-state index contributed by atoms with van der Waals surface area (Å²) in [7, 11) is 0. The molecule has 0 bridgehead atoms. The summed E-state index contributed by atoms with van der Waals surface area (Å²) in [5.41, 5.74) is 1.24. The molecule has 4 rings (SSSR count). The van der Waals surface area contributed by atoms with Crippen LogP contribution in [0.3, 0.4) is 0 Å². The van der Waals surface area contributed by atoms with E-state index in [2.05, 4.69) is 30.6 Å². The minimum absolute atomic E-state index is 0.144. The van der Waals surface area contributed by atoms with Gasteiger partial charge < -0.3 is 14.7 Å². The number of rotatable bonds is 5. The van der Waals surface area contributed by atoms with Gasteiger partial charge in [-0.2, -0.15) is 0 Å². The van der Waals surface area contributed by atoms with Crippen molar-refractivity contribution in [3.63, 3.8) is 0 Å². The highest BCUT2D eigenvalue weighted by atomic mass is 32.2. The number of aromatic nitrogens is 2. The Balaban J connectivity index is 1.74. The number of hydrogen-bond donors (Lipinski definition) is 1. The van der Waals surface area contributed by atoms with Crippen LogP contribution in [0.5, 0.6) is 0 Å². The zero-order valence-electron chi connectivity index (χ0n) is 16.3. The number of piperazine rings is 1. The molecule has 0 spiro atoms. The van der Waals surface area contributed by atoms with E-state index in [4.69, 9.17) is 14.7 Å². The van der Waals surface area contributed by atoms with Gasteiger partial charge in [-0.1, -0.05) is 18.7 Å². The Labute approximate surface area is 168 Å². The van der Waals surface area contributed by atoms with Crippen molar-refractivity contribution in [1.82, 2.24) is 14.9 Å². The van der Waals surface area contributed by atoms with Crippen LogP contribution in [0, 0.1) is 0 Å². The van der Waals surface area contributed by atoms with Crippen LogP contribution in [0.15, 0.2) is 5.16 Å². The van der Waals surface area contributed by atoms with Crippen LogP contribution in [0.25, 0.3) is 10.2 Å². The van der Waals surface area contributed by atoms with E-state index in [1.807, 2.05) is 0 Å². The number of β-amino-alcohol motifs (C(OH)–C–C–N with tert-alkyl or cyclic N) is 1. The maximum atomic E-state index is 9.20. The maximum Gasteiger partial charge on any atom is 0.190 e. The minimum Gasteiger partial charge on any atom is -0.395 e. The summed E-state index contributed by atoms with van der Waals surface area (Å²) in [5.74, 6) is 2.06. The summed E-state index contributed by atoms with van der Waals surface area (Å²) in [6, 6.07) is 0. The van der Waals surface area contributed by atoms with E-state index in [-0.39, 0.29) is 12.2 Å². The van der Waals surface area contributed by atoms with Crippen molar-refractivity contribution in [1.29, 1.82) is 0 Å². The van der Waals surface area contributed by atoms with E-state index in [0.717, 1.165) is 60.7 Å². The third-order valence-corrected chi connectivity index (χ3v) is 7.08. The normalized spacial score (nSPS) is 20.2. The molecule has 1 N–H and O–H groups in total. The number of thiophene rings is 1. The van der Waals surface area contributed by atoms with Crippen molar-refractivity contribution in [3.8, 4) is 0 Å². The fourth-order valence-electron chi connectivity index (χ4n) is 3.85. The number of ether oxygens (including phenoxy) is 1. The molecule has 2 aliphatic heterocycles. The molecule has 27 heavy (non-hydrogen) atoms. The topological polar surface area (TPSA) is 61.7 Å². The Morgan fingerprint density at radius 2 is 2.00 bits per heavy atom. The van der Waals surface area contributed by atoms with Crippen LogP contribution < -0.4 is 4.90 Å². The summed E-state index contributed by atoms with van der Waals surface area (Å²) in [5, 5.41) is 11.3. The van der Waals surface area contributed by atoms with Gasteiger partial charge in [-0.25, -0.2) is 9.97 Å². The van der Waals surface area contributed by atoms with Crippen LogP contribution in [-0.4, -0.2) is 70.7 Å². The molecule has 0 amide bonds. The van der Waals surface area contributed by atoms with Gasteiger partial charge in [0.25, 0.3) is 0 Å². The van der Waals surface area contributed by atoms with E-state index >= 15 is 0 Å². The second kappa shape index (κ2) is 7.83. The number of aliphatic hydroxyl groups is 1. The molecule has 0 saturated carbocycles. The van der Waals surface area contributed by atoms with Crippen molar-refractivity contribution in [2.45, 2.75) is 44.6 Å². The number of aliphatic hydroxyl groups excluding tert-OH is 1. The molecular weight excluding hydrogens is 380 g/mol. The lowest BCUT2D eigenvalue weighted by molar-refractivity contribution is -0.0379. The molecule has 0 aromatic carbocycles. The molecule has 6 nitrogen and oxygen atoms in total. The molecule has 0 atom stereocenters. The molecule has 2 aromatic heterocycles. The van der Waals surface area contributed by atoms with Crippen molar-refractivity contribution in [2.24, 2.45) is 0 Å². The van der Waals surface area contributed by atoms with Crippen molar-refractivity contribution in [3.05, 3.63) is 10.4 Å². The highest BCUT2D eigenvalue weighted by Crippen LogP contribution is 2.42. The van der Waals surface area contributed by atoms with Gasteiger partial charge in [-0.3, -0.25) is 4.90 Å². The smallest absolute Gasteiger partial charge is 0.190 e. The van der Waals surface area contributed by atoms with Crippen molar-refractivity contribution < 1.29 is 9.84 Å². The maximum absolute atomic E-state index is 9.20. The predicted octanol–water partition coefficient (Wildman–Crippen LogP) is 2.77. The Morgan fingerprint density at radius 3 is 2.70 bits per heavy atom. The first-order valence-electron chi connectivity index (χ1n) is 9.68. The summed E-state index contributed by atoms with van der Waals surface area (Å²) in [6.07, 6.45) is 0.906. The first kappa shape index (κ1) is 19.4. The van der Waals surface area contributed by atoms with E-state index in [0.29, 0.717) is 6.61 Å². The Kier molecular flexibility index (Phi) is 5.62. The van der Waals surface area contributed by atoms with Gasteiger partial charge in [0.05, 0.1) is 24.2 Å². The molecule has 0 aliphatic carbocycles. The van der Waals surface area contributed by atoms with E-state index in [9.17, 15) is 5.11 Å². The number of fused-ring (bicyclic) bond motifs is 3. The average Bonchev–Trinajstić information content (AvgIpc) is 2.99. The van der Waals surface area contributed by atoms with E-state index in [1.165, 1.54) is 15.8 Å². The fourth-order valence-corrected chi connectivity index (χ4v) is 5.57. The highest BCUT2D eigenvalue weighted by Gasteiger charge is 2.32. The number of thioether (sulfide) groups is 1. The van der Waals surface area contributed by atoms with E-state index in [1.54, 1.807) is 23.1 Å². The molecule has 0 unspecified atom stereocenters. The van der Waals surface area contributed by atoms with Crippen molar-refractivity contribution in [2.75, 3.05) is 50.0 Å². The molecule has 148 valence electrons. The van der Waals surface area contributed by atoms with Gasteiger partial charge in [0, 0.05) is 44.0 Å². The van der Waals surface area contributed by atoms with Gasteiger partial charge in [0.1, 0.15) is 10.6 Å². The summed E-state index contributed by atoms with van der Waals surface area (Å²) in [6.45, 7) is 11.9. The second-order valence-corrected chi connectivity index (χ2v) is 10.0. The van der Waals surface area contributed by atoms with Crippen LogP contribution in [-0.2, 0) is 17.8 Å². The predicted molar refractivity (Wildman–Crippen MR) is 112 cm³/mol. The lowest BCUT2D eigenvalue weighted by atomic mass is 9.94. The van der Waals surface area contributed by atoms with E-state index < -0.39 is 0 Å². The molecule has 1 saturated heterocycles. The highest BCUT2D eigenvalue weighted by molar-refractivity contribution is 7.99. The standard InChI is InChI=1S/C19H28N4O2S2/c1-4-26-18-20-16(23-7-5-22(6-8-23)9-10-24)15-13-11-19(2,3)25-12-14(13)27-17(15)21-18/h24H,4-12H2,1-3H3. The lowest BCUT2D eigenvalue weighted by Crippen LogP contribution is -2.47. The van der Waals surface area contributed by atoms with Gasteiger partial charge in [0.15, 0.2) is 5.16 Å². The zero-order chi connectivity index (χ0) is 19.0. The number of nitrogens with zero attached hydrogens (tertiary/aromatic N) is 4. The van der Waals surface area contributed by atoms with Crippen LogP contribution in [0.2, 0.25) is 0 Å². The largest absolute Gasteiger partial charge is 0.395 e. The van der Waals surface area contributed by atoms with Crippen LogP contribution in [0.4, 0.5) is 5.82 Å². The second-order valence-electron chi connectivity index (χ2n) is 7.72. The summed E-state index contributed by atoms with van der Waals surface area (Å²) in [4.78, 5) is 17.0. The summed E-state index contributed by atoms with van der Waals surface area (Å²) < 4.78 is 6.04. The molecule has 0 radical (unpaired) electrons. The monoisotopic (exact) mass is 408 g/mol. The first-order valence-corrected chi connectivity index (χ1v) is 11.5. The molecule has 2 aromatic rings. The molecular formula is C19H28N4O2S2. The Bertz CT molecular complexity index is 816. The van der Waals surface area contributed by atoms with Crippen molar-refractivity contribution >= 4 is 39.1 Å². The first-order chi connectivity index (χ1) is 13.0. The van der Waals surface area contributed by atoms with Crippen LogP contribution in [0.1, 0.15) is 31.2 Å². The third kappa shape index (κ3) is 3.96. The van der Waals surface area contributed by atoms with Gasteiger partial charge in [-0.05, 0) is 25.2 Å². The van der Waals surface area contributed by atoms with Gasteiger partial charge in [0.2, 0.25) is 0 Å². The quantitative estimate of drug-likeness (QED) is 0.603. The number of hydrogen-bond acceptors (Lipinski definition) is 8. The SMILES string of the molecule is CCSc1nc(N2CCN(CCO)CC2)c2c3c(sc2n1)COC(C)(C)C3.